The number of benzene rings is 1. The van der Waals surface area contributed by atoms with Gasteiger partial charge >= 0.3 is 0 Å². The molecule has 1 saturated heterocycles. The van der Waals surface area contributed by atoms with Crippen molar-refractivity contribution in [1.29, 1.82) is 0 Å². The number of aromatic nitrogens is 1. The summed E-state index contributed by atoms with van der Waals surface area (Å²) in [5.74, 6) is 2.46. The van der Waals surface area contributed by atoms with Crippen molar-refractivity contribution >= 4 is 33.9 Å². The molecule has 3 nitrogen and oxygen atoms in total. The Morgan fingerprint density at radius 1 is 1.39 bits per heavy atom. The van der Waals surface area contributed by atoms with Crippen molar-refractivity contribution in [3.05, 3.63) is 30.6 Å². The van der Waals surface area contributed by atoms with E-state index in [9.17, 15) is 0 Å². The first kappa shape index (κ1) is 11.7. The molecular weight excluding hydrogens is 242 g/mol. The van der Waals surface area contributed by atoms with E-state index in [4.69, 9.17) is 5.73 Å². The van der Waals surface area contributed by atoms with E-state index in [0.717, 1.165) is 22.1 Å². The van der Waals surface area contributed by atoms with Crippen LogP contribution in [0.25, 0.3) is 10.8 Å². The summed E-state index contributed by atoms with van der Waals surface area (Å²) in [6.45, 7) is 0. The molecule has 18 heavy (non-hydrogen) atoms. The maximum atomic E-state index is 6.31. The summed E-state index contributed by atoms with van der Waals surface area (Å²) in [5, 5.41) is 2.20. The van der Waals surface area contributed by atoms with Gasteiger partial charge in [0.05, 0.1) is 11.4 Å². The van der Waals surface area contributed by atoms with Crippen LogP contribution in [0.15, 0.2) is 30.6 Å². The first-order valence-electron chi connectivity index (χ1n) is 6.20. The van der Waals surface area contributed by atoms with Crippen LogP contribution in [0, 0.1) is 0 Å². The summed E-state index contributed by atoms with van der Waals surface area (Å²) in [6.07, 6.45) is 4.91. The van der Waals surface area contributed by atoms with Crippen molar-refractivity contribution in [3.8, 4) is 0 Å². The third-order valence-corrected chi connectivity index (χ3v) is 4.82. The number of nitrogen functional groups attached to an aromatic ring is 1. The molecule has 1 aromatic heterocycles. The molecule has 1 aromatic carbocycles. The number of hydrogen-bond donors (Lipinski definition) is 1. The molecular formula is C14H17N3S. The van der Waals surface area contributed by atoms with E-state index < -0.39 is 0 Å². The molecule has 1 atom stereocenters. The third-order valence-electron chi connectivity index (χ3n) is 3.67. The Morgan fingerprint density at radius 3 is 3.06 bits per heavy atom. The summed E-state index contributed by atoms with van der Waals surface area (Å²) in [6, 6.07) is 6.82. The van der Waals surface area contributed by atoms with Crippen LogP contribution in [0.4, 0.5) is 11.4 Å². The van der Waals surface area contributed by atoms with Crippen LogP contribution in [-0.2, 0) is 0 Å². The smallest absolute Gasteiger partial charge is 0.0632 e. The Balaban J connectivity index is 2.03. The third kappa shape index (κ3) is 1.90. The number of anilines is 2. The van der Waals surface area contributed by atoms with Gasteiger partial charge in [0.25, 0.3) is 0 Å². The van der Waals surface area contributed by atoms with Crippen LogP contribution in [-0.4, -0.2) is 29.6 Å². The summed E-state index contributed by atoms with van der Waals surface area (Å²) < 4.78 is 0. The molecule has 1 unspecified atom stereocenters. The molecule has 0 saturated carbocycles. The highest BCUT2D eigenvalue weighted by Gasteiger charge is 2.22. The Bertz CT molecular complexity index is 564. The van der Waals surface area contributed by atoms with Crippen LogP contribution in [0.5, 0.6) is 0 Å². The zero-order valence-electron chi connectivity index (χ0n) is 10.5. The molecule has 0 bridgehead atoms. The van der Waals surface area contributed by atoms with Gasteiger partial charge in [-0.15, -0.1) is 0 Å². The zero-order valence-corrected chi connectivity index (χ0v) is 11.3. The second kappa shape index (κ2) is 4.69. The average Bonchev–Trinajstić information content (AvgIpc) is 2.93. The Kier molecular flexibility index (Phi) is 3.04. The van der Waals surface area contributed by atoms with Gasteiger partial charge in [-0.1, -0.05) is 6.07 Å². The molecule has 0 radical (unpaired) electrons. The lowest BCUT2D eigenvalue weighted by atomic mass is 10.1. The monoisotopic (exact) mass is 259 g/mol. The fourth-order valence-electron chi connectivity index (χ4n) is 2.51. The lowest BCUT2D eigenvalue weighted by Gasteiger charge is -2.27. The van der Waals surface area contributed by atoms with Gasteiger partial charge in [0.2, 0.25) is 0 Å². The van der Waals surface area contributed by atoms with Crippen molar-refractivity contribution in [3.63, 3.8) is 0 Å². The fraction of sp³-hybridized carbons (Fsp3) is 0.357. The maximum Gasteiger partial charge on any atom is 0.0632 e. The minimum Gasteiger partial charge on any atom is -0.397 e. The van der Waals surface area contributed by atoms with Crippen LogP contribution < -0.4 is 10.6 Å². The number of hydrogen-bond acceptors (Lipinski definition) is 4. The summed E-state index contributed by atoms with van der Waals surface area (Å²) in [7, 11) is 2.15. The van der Waals surface area contributed by atoms with Gasteiger partial charge in [-0.05, 0) is 24.3 Å². The quantitative estimate of drug-likeness (QED) is 0.842. The van der Waals surface area contributed by atoms with Crippen LogP contribution >= 0.6 is 11.8 Å². The molecule has 2 heterocycles. The van der Waals surface area contributed by atoms with Crippen molar-refractivity contribution < 1.29 is 0 Å². The van der Waals surface area contributed by atoms with Crippen molar-refractivity contribution in [2.24, 2.45) is 0 Å². The van der Waals surface area contributed by atoms with E-state index in [0.29, 0.717) is 6.04 Å². The lowest BCUT2D eigenvalue weighted by molar-refractivity contribution is 0.701. The Labute approximate surface area is 111 Å². The van der Waals surface area contributed by atoms with Crippen molar-refractivity contribution in [1.82, 2.24) is 4.98 Å². The number of fused-ring (bicyclic) bond motifs is 1. The second-order valence-corrected chi connectivity index (χ2v) is 5.87. The van der Waals surface area contributed by atoms with Gasteiger partial charge < -0.3 is 10.6 Å². The number of nitrogens with two attached hydrogens (primary N) is 1. The van der Waals surface area contributed by atoms with Crippen LogP contribution in [0.1, 0.15) is 6.42 Å². The van der Waals surface area contributed by atoms with E-state index in [2.05, 4.69) is 29.1 Å². The molecule has 2 N–H and O–H groups in total. The van der Waals surface area contributed by atoms with Gasteiger partial charge in [0, 0.05) is 42.0 Å². The number of nitrogens with zero attached hydrogens (tertiary/aromatic N) is 2. The maximum absolute atomic E-state index is 6.31. The molecule has 1 aliphatic heterocycles. The highest BCUT2D eigenvalue weighted by molar-refractivity contribution is 7.99. The normalized spacial score (nSPS) is 19.3. The van der Waals surface area contributed by atoms with Gasteiger partial charge in [0.1, 0.15) is 0 Å². The highest BCUT2D eigenvalue weighted by Crippen LogP contribution is 2.33. The zero-order chi connectivity index (χ0) is 12.5. The Hall–Kier alpha value is -1.42. The van der Waals surface area contributed by atoms with E-state index in [1.54, 1.807) is 6.20 Å². The van der Waals surface area contributed by atoms with Crippen LogP contribution in [0.2, 0.25) is 0 Å². The number of thioether (sulfide) groups is 1. The second-order valence-electron chi connectivity index (χ2n) is 4.72. The molecule has 1 fully saturated rings. The molecule has 0 aliphatic carbocycles. The molecule has 1 aliphatic rings. The number of rotatable bonds is 2. The van der Waals surface area contributed by atoms with Crippen molar-refractivity contribution in [2.75, 3.05) is 29.2 Å². The lowest BCUT2D eigenvalue weighted by Crippen LogP contribution is -2.31. The van der Waals surface area contributed by atoms with Gasteiger partial charge in [-0.25, -0.2) is 0 Å². The van der Waals surface area contributed by atoms with E-state index in [1.165, 1.54) is 17.9 Å². The summed E-state index contributed by atoms with van der Waals surface area (Å²) in [5.41, 5.74) is 8.32. The molecule has 2 aromatic rings. The first-order chi connectivity index (χ1) is 8.77. The molecule has 0 amide bonds. The topological polar surface area (TPSA) is 42.2 Å². The van der Waals surface area contributed by atoms with Gasteiger partial charge in [0.15, 0.2) is 0 Å². The average molecular weight is 259 g/mol. The largest absolute Gasteiger partial charge is 0.397 e. The van der Waals surface area contributed by atoms with Gasteiger partial charge in [-0.2, -0.15) is 11.8 Å². The predicted octanol–water partition coefficient (Wildman–Crippen LogP) is 2.76. The first-order valence-corrected chi connectivity index (χ1v) is 7.35. The fourth-order valence-corrected chi connectivity index (χ4v) is 3.78. The molecule has 0 spiro atoms. The van der Waals surface area contributed by atoms with Gasteiger partial charge in [-0.3, -0.25) is 4.98 Å². The predicted molar refractivity (Wildman–Crippen MR) is 80.3 cm³/mol. The highest BCUT2D eigenvalue weighted by atomic mass is 32.2. The summed E-state index contributed by atoms with van der Waals surface area (Å²) in [4.78, 5) is 6.46. The molecule has 3 rings (SSSR count). The summed E-state index contributed by atoms with van der Waals surface area (Å²) >= 11 is 2.02. The van der Waals surface area contributed by atoms with E-state index >= 15 is 0 Å². The standard InChI is InChI=1S/C14H17N3S/c1-17(11-5-7-18-9-11)13-3-2-10-8-16-6-4-12(10)14(13)15/h2-4,6,8,11H,5,7,9,15H2,1H3. The number of pyridine rings is 1. The van der Waals surface area contributed by atoms with Crippen molar-refractivity contribution in [2.45, 2.75) is 12.5 Å². The van der Waals surface area contributed by atoms with E-state index in [1.807, 2.05) is 24.0 Å². The molecule has 94 valence electrons. The minimum atomic E-state index is 0.608. The van der Waals surface area contributed by atoms with Crippen LogP contribution in [0.3, 0.4) is 0 Å². The van der Waals surface area contributed by atoms with E-state index in [-0.39, 0.29) is 0 Å². The SMILES string of the molecule is CN(c1ccc2cnccc2c1N)C1CCSC1. The molecule has 4 heteroatoms. The minimum absolute atomic E-state index is 0.608. The Morgan fingerprint density at radius 2 is 2.28 bits per heavy atom.